The van der Waals surface area contributed by atoms with Gasteiger partial charge in [-0.25, -0.2) is 0 Å². The largest absolute Gasteiger partial charge is 0.384 e. The van der Waals surface area contributed by atoms with Gasteiger partial charge in [0.1, 0.15) is 0 Å². The summed E-state index contributed by atoms with van der Waals surface area (Å²) in [6.45, 7) is 8.66. The van der Waals surface area contributed by atoms with Crippen molar-refractivity contribution in [1.29, 1.82) is 0 Å². The first-order valence-electron chi connectivity index (χ1n) is 6.13. The van der Waals surface area contributed by atoms with Gasteiger partial charge >= 0.3 is 0 Å². The molecule has 2 N–H and O–H groups in total. The normalized spacial score (nSPS) is 23.6. The van der Waals surface area contributed by atoms with E-state index in [9.17, 15) is 0 Å². The molecule has 0 amide bonds. The Hall–Kier alpha value is -0.120. The van der Waals surface area contributed by atoms with E-state index in [4.69, 9.17) is 10.5 Å². The highest BCUT2D eigenvalue weighted by Crippen LogP contribution is 2.20. The zero-order valence-electron chi connectivity index (χ0n) is 10.5. The molecule has 90 valence electrons. The molecule has 0 spiro atoms. The molecule has 0 aromatic heterocycles. The molecule has 0 saturated carbocycles. The molecule has 0 aromatic carbocycles. The van der Waals surface area contributed by atoms with Crippen LogP contribution in [0, 0.1) is 5.92 Å². The van der Waals surface area contributed by atoms with Gasteiger partial charge in [-0.15, -0.1) is 0 Å². The van der Waals surface area contributed by atoms with Gasteiger partial charge in [0.15, 0.2) is 0 Å². The summed E-state index contributed by atoms with van der Waals surface area (Å²) in [5, 5.41) is 0. The van der Waals surface area contributed by atoms with Gasteiger partial charge in [0.05, 0.1) is 6.61 Å². The van der Waals surface area contributed by atoms with E-state index in [0.29, 0.717) is 5.92 Å². The van der Waals surface area contributed by atoms with Crippen molar-refractivity contribution in [2.75, 3.05) is 33.4 Å². The van der Waals surface area contributed by atoms with Crippen molar-refractivity contribution in [3.05, 3.63) is 0 Å². The molecular weight excluding hydrogens is 188 g/mol. The molecule has 15 heavy (non-hydrogen) atoms. The second-order valence-electron chi connectivity index (χ2n) is 4.91. The number of nitrogens with zero attached hydrogens (tertiary/aromatic N) is 1. The first-order chi connectivity index (χ1) is 7.13. The predicted molar refractivity (Wildman–Crippen MR) is 63.9 cm³/mol. The van der Waals surface area contributed by atoms with Crippen LogP contribution in [0.15, 0.2) is 0 Å². The Morgan fingerprint density at radius 3 is 2.60 bits per heavy atom. The summed E-state index contributed by atoms with van der Waals surface area (Å²) < 4.78 is 5.20. The maximum Gasteiger partial charge on any atom is 0.0503 e. The van der Waals surface area contributed by atoms with Gasteiger partial charge in [-0.1, -0.05) is 13.8 Å². The molecule has 1 rings (SSSR count). The molecule has 1 atom stereocenters. The first kappa shape index (κ1) is 12.9. The Morgan fingerprint density at radius 2 is 2.07 bits per heavy atom. The van der Waals surface area contributed by atoms with Crippen molar-refractivity contribution in [3.8, 4) is 0 Å². The lowest BCUT2D eigenvalue weighted by Crippen LogP contribution is -2.48. The fourth-order valence-corrected chi connectivity index (χ4v) is 2.35. The van der Waals surface area contributed by atoms with Crippen molar-refractivity contribution >= 4 is 0 Å². The topological polar surface area (TPSA) is 38.5 Å². The van der Waals surface area contributed by atoms with Gasteiger partial charge < -0.3 is 15.4 Å². The van der Waals surface area contributed by atoms with Crippen molar-refractivity contribution in [3.63, 3.8) is 0 Å². The minimum absolute atomic E-state index is 0.0158. The van der Waals surface area contributed by atoms with Crippen LogP contribution in [0.5, 0.6) is 0 Å². The van der Waals surface area contributed by atoms with Gasteiger partial charge in [-0.3, -0.25) is 0 Å². The number of likely N-dealkylation sites (tertiary alicyclic amines) is 1. The summed E-state index contributed by atoms with van der Waals surface area (Å²) >= 11 is 0. The molecule has 1 fully saturated rings. The van der Waals surface area contributed by atoms with Crippen LogP contribution in [0.2, 0.25) is 0 Å². The second-order valence-corrected chi connectivity index (χ2v) is 4.91. The summed E-state index contributed by atoms with van der Waals surface area (Å²) in [4.78, 5) is 2.50. The van der Waals surface area contributed by atoms with Crippen molar-refractivity contribution in [1.82, 2.24) is 4.90 Å². The van der Waals surface area contributed by atoms with E-state index in [0.717, 1.165) is 32.5 Å². The van der Waals surface area contributed by atoms with Crippen LogP contribution in [0.1, 0.15) is 33.1 Å². The third-order valence-electron chi connectivity index (χ3n) is 3.72. The summed E-state index contributed by atoms with van der Waals surface area (Å²) in [7, 11) is 1.79. The molecule has 3 heteroatoms. The molecular formula is C12H26N2O. The quantitative estimate of drug-likeness (QED) is 0.728. The molecule has 0 aliphatic carbocycles. The summed E-state index contributed by atoms with van der Waals surface area (Å²) in [6.07, 6.45) is 3.39. The number of methoxy groups -OCH3 is 1. The zero-order valence-corrected chi connectivity index (χ0v) is 10.5. The van der Waals surface area contributed by atoms with Crippen molar-refractivity contribution in [2.45, 2.75) is 38.6 Å². The second kappa shape index (κ2) is 5.83. The Kier molecular flexibility index (Phi) is 5.03. The van der Waals surface area contributed by atoms with E-state index in [-0.39, 0.29) is 5.54 Å². The minimum Gasteiger partial charge on any atom is -0.384 e. The van der Waals surface area contributed by atoms with E-state index < -0.39 is 0 Å². The number of hydrogen-bond acceptors (Lipinski definition) is 3. The van der Waals surface area contributed by atoms with E-state index in [1.165, 1.54) is 13.0 Å². The standard InChI is InChI=1S/C12H26N2O/c1-4-12(13,5-2)10-14-7-6-11(8-14)9-15-3/h11H,4-10,13H2,1-3H3. The Labute approximate surface area is 94.0 Å². The molecule has 0 bridgehead atoms. The van der Waals surface area contributed by atoms with Crippen LogP contribution in [0.25, 0.3) is 0 Å². The maximum atomic E-state index is 6.32. The predicted octanol–water partition coefficient (Wildman–Crippen LogP) is 1.47. The van der Waals surface area contributed by atoms with Gasteiger partial charge in [0, 0.05) is 25.7 Å². The summed E-state index contributed by atoms with van der Waals surface area (Å²) in [6, 6.07) is 0. The van der Waals surface area contributed by atoms with Crippen LogP contribution in [0.3, 0.4) is 0 Å². The van der Waals surface area contributed by atoms with Crippen molar-refractivity contribution in [2.24, 2.45) is 11.7 Å². The van der Waals surface area contributed by atoms with Gasteiger partial charge in [-0.05, 0) is 31.7 Å². The number of rotatable bonds is 6. The van der Waals surface area contributed by atoms with Gasteiger partial charge in [0.25, 0.3) is 0 Å². The maximum absolute atomic E-state index is 6.32. The fourth-order valence-electron chi connectivity index (χ4n) is 2.35. The summed E-state index contributed by atoms with van der Waals surface area (Å²) in [5.74, 6) is 0.716. The molecule has 0 radical (unpaired) electrons. The third-order valence-corrected chi connectivity index (χ3v) is 3.72. The molecule has 1 unspecified atom stereocenters. The average molecular weight is 214 g/mol. The SMILES string of the molecule is CCC(N)(CC)CN1CCC(COC)C1. The van der Waals surface area contributed by atoms with Crippen LogP contribution >= 0.6 is 0 Å². The monoisotopic (exact) mass is 214 g/mol. The molecule has 0 aromatic rings. The van der Waals surface area contributed by atoms with Crippen LogP contribution in [-0.2, 0) is 4.74 Å². The minimum atomic E-state index is 0.0158. The Bertz CT molecular complexity index is 180. The van der Waals surface area contributed by atoms with Gasteiger partial charge in [0.2, 0.25) is 0 Å². The Morgan fingerprint density at radius 1 is 1.40 bits per heavy atom. The van der Waals surface area contributed by atoms with Crippen LogP contribution in [0.4, 0.5) is 0 Å². The first-order valence-corrected chi connectivity index (χ1v) is 6.13. The fraction of sp³-hybridized carbons (Fsp3) is 1.00. The molecule has 1 saturated heterocycles. The lowest BCUT2D eigenvalue weighted by molar-refractivity contribution is 0.148. The van der Waals surface area contributed by atoms with Crippen LogP contribution < -0.4 is 5.73 Å². The highest BCUT2D eigenvalue weighted by Gasteiger charge is 2.29. The zero-order chi connectivity index (χ0) is 11.3. The molecule has 3 nitrogen and oxygen atoms in total. The molecule has 1 aliphatic rings. The number of nitrogens with two attached hydrogens (primary N) is 1. The smallest absolute Gasteiger partial charge is 0.0503 e. The Balaban J connectivity index is 2.34. The third kappa shape index (κ3) is 3.74. The van der Waals surface area contributed by atoms with Gasteiger partial charge in [-0.2, -0.15) is 0 Å². The number of ether oxygens (including phenoxy) is 1. The van der Waals surface area contributed by atoms with E-state index >= 15 is 0 Å². The van der Waals surface area contributed by atoms with E-state index in [2.05, 4.69) is 18.7 Å². The van der Waals surface area contributed by atoms with Crippen LogP contribution in [-0.4, -0.2) is 43.8 Å². The lowest BCUT2D eigenvalue weighted by atomic mass is 9.94. The lowest BCUT2D eigenvalue weighted by Gasteiger charge is -2.31. The molecule has 1 aliphatic heterocycles. The molecule has 1 heterocycles. The summed E-state index contributed by atoms with van der Waals surface area (Å²) in [5.41, 5.74) is 6.34. The average Bonchev–Trinajstić information content (AvgIpc) is 2.66. The highest BCUT2D eigenvalue weighted by atomic mass is 16.5. The highest BCUT2D eigenvalue weighted by molar-refractivity contribution is 4.88. The number of hydrogen-bond donors (Lipinski definition) is 1. The van der Waals surface area contributed by atoms with Crippen molar-refractivity contribution < 1.29 is 4.74 Å². The van der Waals surface area contributed by atoms with E-state index in [1.54, 1.807) is 7.11 Å². The van der Waals surface area contributed by atoms with E-state index in [1.807, 2.05) is 0 Å².